The van der Waals surface area contributed by atoms with Crippen molar-refractivity contribution in [3.05, 3.63) is 44.8 Å². The van der Waals surface area contributed by atoms with E-state index in [1.165, 1.54) is 18.3 Å². The van der Waals surface area contributed by atoms with Crippen LogP contribution in [-0.2, 0) is 0 Å². The lowest BCUT2D eigenvalue weighted by atomic mass is 10.1. The molecule has 0 aliphatic carbocycles. The van der Waals surface area contributed by atoms with Crippen LogP contribution in [0.3, 0.4) is 0 Å². The van der Waals surface area contributed by atoms with E-state index in [4.69, 9.17) is 16.7 Å². The Morgan fingerprint density at radius 2 is 2.14 bits per heavy atom. The van der Waals surface area contributed by atoms with Gasteiger partial charge < -0.3 is 10.2 Å². The Hall–Kier alpha value is -2.45. The van der Waals surface area contributed by atoms with Crippen molar-refractivity contribution >= 4 is 39.9 Å². The van der Waals surface area contributed by atoms with Gasteiger partial charge in [0.05, 0.1) is 5.39 Å². The van der Waals surface area contributed by atoms with Crippen LogP contribution in [0, 0.1) is 0 Å². The monoisotopic (exact) mass is 323 g/mol. The molecule has 0 saturated heterocycles. The lowest BCUT2D eigenvalue weighted by Gasteiger charge is -2.10. The van der Waals surface area contributed by atoms with Crippen LogP contribution in [0.5, 0.6) is 5.75 Å². The summed E-state index contributed by atoms with van der Waals surface area (Å²) in [7, 11) is 0. The number of thiazole rings is 1. The minimum Gasteiger partial charge on any atom is -0.506 e. The Bertz CT molecular complexity index is 920. The molecular weight excluding hydrogens is 318 g/mol. The minimum absolute atomic E-state index is 0.0463. The molecule has 0 bridgehead atoms. The molecule has 0 aliphatic rings. The summed E-state index contributed by atoms with van der Waals surface area (Å²) in [4.78, 5) is 31.6. The van der Waals surface area contributed by atoms with Crippen molar-refractivity contribution in [3.8, 4) is 10.9 Å². The number of fused-ring (bicyclic) bond motifs is 1. The summed E-state index contributed by atoms with van der Waals surface area (Å²) in [6.45, 7) is 0. The average Bonchev–Trinajstić information content (AvgIpc) is 2.91. The molecule has 0 fully saturated rings. The Balaban J connectivity index is 2.58. The van der Waals surface area contributed by atoms with E-state index in [0.717, 1.165) is 15.9 Å². The number of hydrogen-bond donors (Lipinski definition) is 2. The number of hydrogen-bond acceptors (Lipinski definition) is 6. The highest BCUT2D eigenvalue weighted by molar-refractivity contribution is 7.12. The Morgan fingerprint density at radius 1 is 1.38 bits per heavy atom. The van der Waals surface area contributed by atoms with Crippen LogP contribution in [0.15, 0.2) is 28.5 Å². The lowest BCUT2D eigenvalue weighted by molar-refractivity contribution is 0.0691. The maximum absolute atomic E-state index is 12.4. The van der Waals surface area contributed by atoms with Crippen molar-refractivity contribution in [1.29, 1.82) is 0 Å². The molecule has 0 atom stereocenters. The van der Waals surface area contributed by atoms with Crippen LogP contribution in [0.1, 0.15) is 10.4 Å². The molecule has 21 heavy (non-hydrogen) atoms. The van der Waals surface area contributed by atoms with E-state index in [1.807, 2.05) is 0 Å². The SMILES string of the molecule is O=C(O)c1c(O)c2ccc(Cl)nc2n(-c2nccs2)c1=O. The molecule has 0 amide bonds. The van der Waals surface area contributed by atoms with Gasteiger partial charge >= 0.3 is 5.97 Å². The predicted molar refractivity (Wildman–Crippen MR) is 76.6 cm³/mol. The van der Waals surface area contributed by atoms with Crippen molar-refractivity contribution in [1.82, 2.24) is 14.5 Å². The molecule has 3 rings (SSSR count). The molecule has 0 radical (unpaired) electrons. The lowest BCUT2D eigenvalue weighted by Crippen LogP contribution is -2.26. The van der Waals surface area contributed by atoms with Crippen molar-refractivity contribution in [2.45, 2.75) is 0 Å². The number of carbonyl (C=O) groups is 1. The van der Waals surface area contributed by atoms with Gasteiger partial charge in [-0.2, -0.15) is 0 Å². The van der Waals surface area contributed by atoms with E-state index in [2.05, 4.69) is 9.97 Å². The second-order valence-electron chi connectivity index (χ2n) is 3.99. The quantitative estimate of drug-likeness (QED) is 0.698. The molecule has 3 aromatic rings. The highest BCUT2D eigenvalue weighted by atomic mass is 35.5. The summed E-state index contributed by atoms with van der Waals surface area (Å²) in [5.41, 5.74) is -1.61. The summed E-state index contributed by atoms with van der Waals surface area (Å²) in [5, 5.41) is 21.2. The molecule has 2 N–H and O–H groups in total. The van der Waals surface area contributed by atoms with Gasteiger partial charge in [0.2, 0.25) is 0 Å². The van der Waals surface area contributed by atoms with Crippen LogP contribution in [0.25, 0.3) is 16.2 Å². The maximum atomic E-state index is 12.4. The number of aromatic nitrogens is 3. The normalized spacial score (nSPS) is 10.9. The van der Waals surface area contributed by atoms with Crippen molar-refractivity contribution < 1.29 is 15.0 Å². The fourth-order valence-corrected chi connectivity index (χ4v) is 2.70. The standard InChI is InChI=1S/C12H6ClN3O4S/c13-6-2-1-5-8(17)7(11(19)20)10(18)16(9(5)15-6)12-14-3-4-21-12/h1-4,17H,(H,19,20). The molecule has 0 spiro atoms. The van der Waals surface area contributed by atoms with E-state index >= 15 is 0 Å². The fourth-order valence-electron chi connectivity index (χ4n) is 1.92. The van der Waals surface area contributed by atoms with E-state index < -0.39 is 22.8 Å². The zero-order chi connectivity index (χ0) is 15.1. The van der Waals surface area contributed by atoms with Crippen LogP contribution < -0.4 is 5.56 Å². The highest BCUT2D eigenvalue weighted by Gasteiger charge is 2.24. The first-order valence-corrected chi connectivity index (χ1v) is 6.84. The molecule has 0 aliphatic heterocycles. The topological polar surface area (TPSA) is 105 Å². The molecule has 3 heterocycles. The number of aromatic hydroxyl groups is 1. The number of rotatable bonds is 2. The van der Waals surface area contributed by atoms with Crippen molar-refractivity contribution in [2.75, 3.05) is 0 Å². The van der Waals surface area contributed by atoms with Crippen LogP contribution >= 0.6 is 22.9 Å². The van der Waals surface area contributed by atoms with Crippen LogP contribution in [-0.4, -0.2) is 30.7 Å². The summed E-state index contributed by atoms with van der Waals surface area (Å²) in [6, 6.07) is 2.79. The van der Waals surface area contributed by atoms with Gasteiger partial charge in [-0.1, -0.05) is 11.6 Å². The molecule has 7 nitrogen and oxygen atoms in total. The zero-order valence-electron chi connectivity index (χ0n) is 10.1. The van der Waals surface area contributed by atoms with Crippen LogP contribution in [0.2, 0.25) is 5.15 Å². The van der Waals surface area contributed by atoms with Crippen molar-refractivity contribution in [2.24, 2.45) is 0 Å². The molecule has 0 aromatic carbocycles. The Morgan fingerprint density at radius 3 is 2.76 bits per heavy atom. The third-order valence-corrected chi connectivity index (χ3v) is 3.75. The Labute approximate surface area is 125 Å². The molecule has 0 unspecified atom stereocenters. The second-order valence-corrected chi connectivity index (χ2v) is 5.25. The van der Waals surface area contributed by atoms with E-state index in [1.54, 1.807) is 5.38 Å². The molecule has 0 saturated carbocycles. The molecular formula is C12H6ClN3O4S. The number of carboxylic acids is 1. The highest BCUT2D eigenvalue weighted by Crippen LogP contribution is 2.28. The molecule has 9 heteroatoms. The third-order valence-electron chi connectivity index (χ3n) is 2.79. The summed E-state index contributed by atoms with van der Waals surface area (Å²) < 4.78 is 1.02. The number of halogens is 1. The van der Waals surface area contributed by atoms with Gasteiger partial charge in [-0.15, -0.1) is 11.3 Å². The first kappa shape index (κ1) is 13.5. The number of nitrogens with zero attached hydrogens (tertiary/aromatic N) is 3. The van der Waals surface area contributed by atoms with Gasteiger partial charge in [0, 0.05) is 11.6 Å². The van der Waals surface area contributed by atoms with Gasteiger partial charge in [-0.3, -0.25) is 4.79 Å². The van der Waals surface area contributed by atoms with Gasteiger partial charge in [0.1, 0.15) is 10.9 Å². The fraction of sp³-hybridized carbons (Fsp3) is 0. The number of aromatic carboxylic acids is 1. The van der Waals surface area contributed by atoms with Gasteiger partial charge in [-0.25, -0.2) is 19.3 Å². The predicted octanol–water partition coefficient (Wildman–Crippen LogP) is 1.90. The van der Waals surface area contributed by atoms with Crippen LogP contribution in [0.4, 0.5) is 0 Å². The summed E-state index contributed by atoms with van der Waals surface area (Å²) in [5.74, 6) is -2.17. The van der Waals surface area contributed by atoms with E-state index in [0.29, 0.717) is 0 Å². The smallest absolute Gasteiger partial charge is 0.345 e. The first-order chi connectivity index (χ1) is 10.0. The summed E-state index contributed by atoms with van der Waals surface area (Å²) in [6.07, 6.45) is 1.47. The third kappa shape index (κ3) is 2.05. The zero-order valence-corrected chi connectivity index (χ0v) is 11.7. The largest absolute Gasteiger partial charge is 0.506 e. The van der Waals surface area contributed by atoms with Gasteiger partial charge in [0.25, 0.3) is 5.56 Å². The van der Waals surface area contributed by atoms with Gasteiger partial charge in [-0.05, 0) is 12.1 Å². The minimum atomic E-state index is -1.53. The average molecular weight is 324 g/mol. The molecule has 3 aromatic heterocycles. The number of pyridine rings is 2. The van der Waals surface area contributed by atoms with Gasteiger partial charge in [0.15, 0.2) is 16.3 Å². The van der Waals surface area contributed by atoms with E-state index in [-0.39, 0.29) is 21.3 Å². The van der Waals surface area contributed by atoms with E-state index in [9.17, 15) is 14.7 Å². The Kier molecular flexibility index (Phi) is 3.11. The summed E-state index contributed by atoms with van der Waals surface area (Å²) >= 11 is 6.95. The molecule has 106 valence electrons. The second kappa shape index (κ2) is 4.83. The number of carboxylic acid groups (broad SMARTS) is 1. The first-order valence-electron chi connectivity index (χ1n) is 5.58. The maximum Gasteiger partial charge on any atom is 0.345 e. The van der Waals surface area contributed by atoms with Crippen molar-refractivity contribution in [3.63, 3.8) is 0 Å².